The van der Waals surface area contributed by atoms with Crippen LogP contribution in [0.1, 0.15) is 0 Å². The van der Waals surface area contributed by atoms with Gasteiger partial charge < -0.3 is 0 Å². The third-order valence-corrected chi connectivity index (χ3v) is 3.11. The topological polar surface area (TPSA) is 129 Å². The summed E-state index contributed by atoms with van der Waals surface area (Å²) in [4.78, 5) is 29.7. The molecule has 62 valence electrons. The van der Waals surface area contributed by atoms with E-state index >= 15 is 0 Å². The Kier molecular flexibility index (Phi) is 2.20. The van der Waals surface area contributed by atoms with Crippen LogP contribution in [-0.2, 0) is 0 Å². The highest BCUT2D eigenvalue weighted by Crippen LogP contribution is 2.03. The third-order valence-electron chi connectivity index (χ3n) is 1.04. The Hall–Kier alpha value is -1.58. The lowest BCUT2D eigenvalue weighted by Gasteiger charge is -1.95. The second kappa shape index (κ2) is 2.57. The van der Waals surface area contributed by atoms with E-state index in [9.17, 15) is 30.3 Å². The maximum absolute atomic E-state index is 9.89. The minimum absolute atomic E-state index is 0.451. The minimum atomic E-state index is -4.81. The van der Waals surface area contributed by atoms with Gasteiger partial charge in [0, 0.05) is 0 Å². The maximum atomic E-state index is 9.89. The van der Waals surface area contributed by atoms with E-state index in [-0.39, 0.29) is 0 Å². The Morgan fingerprint density at radius 1 is 0.909 bits per heavy atom. The molecular formula is CH3N3O6Si. The lowest BCUT2D eigenvalue weighted by molar-refractivity contribution is -0.610. The number of hydrogen-bond donors (Lipinski definition) is 0. The molecule has 0 unspecified atom stereocenters. The van der Waals surface area contributed by atoms with Crippen molar-refractivity contribution in [2.75, 3.05) is 0 Å². The second-order valence-electron chi connectivity index (χ2n) is 1.74. The Balaban J connectivity index is 4.99. The molecule has 11 heavy (non-hydrogen) atoms. The number of nitrogens with zero attached hydrogens (tertiary/aromatic N) is 3. The zero-order chi connectivity index (χ0) is 9.23. The van der Waals surface area contributed by atoms with E-state index in [0.29, 0.717) is 6.55 Å². The zero-order valence-electron chi connectivity index (χ0n) is 5.29. The largest absolute Gasteiger partial charge is 1.16 e. The first-order valence-corrected chi connectivity index (χ1v) is 4.61. The summed E-state index contributed by atoms with van der Waals surface area (Å²) in [7, 11) is -4.81. The third kappa shape index (κ3) is 1.29. The van der Waals surface area contributed by atoms with Gasteiger partial charge in [-0.05, 0) is 0 Å². The molecule has 0 amide bonds. The van der Waals surface area contributed by atoms with E-state index in [2.05, 4.69) is 0 Å². The van der Waals surface area contributed by atoms with Crippen molar-refractivity contribution in [1.82, 2.24) is 0 Å². The molecule has 0 saturated heterocycles. The van der Waals surface area contributed by atoms with Gasteiger partial charge in [0.25, 0.3) is 0 Å². The van der Waals surface area contributed by atoms with Gasteiger partial charge in [-0.15, -0.1) is 0 Å². The summed E-state index contributed by atoms with van der Waals surface area (Å²) in [6.07, 6.45) is 0. The van der Waals surface area contributed by atoms with Crippen molar-refractivity contribution in [2.24, 2.45) is 0 Å². The zero-order valence-corrected chi connectivity index (χ0v) is 6.29. The fraction of sp³-hybridized carbons (Fsp3) is 1.00. The summed E-state index contributed by atoms with van der Waals surface area (Å²) in [5, 5.41) is 29.7. The Labute approximate surface area is 60.3 Å². The average Bonchev–Trinajstić information content (AvgIpc) is 1.84. The Bertz CT molecular complexity index is 188. The SMILES string of the molecule is C[Si]([N+](=O)[O-])([N+](=O)[O-])[N+](=O)[O-]. The molecule has 0 saturated carbocycles. The molecule has 10 heteroatoms. The normalized spacial score (nSPS) is 10.6. The van der Waals surface area contributed by atoms with Crippen LogP contribution in [0.5, 0.6) is 0 Å². The molecule has 0 aliphatic rings. The molecule has 0 aromatic heterocycles. The van der Waals surface area contributed by atoms with Crippen molar-refractivity contribution in [1.29, 1.82) is 0 Å². The molecule has 0 bridgehead atoms. The quantitative estimate of drug-likeness (QED) is 0.324. The lowest BCUT2D eigenvalue weighted by Crippen LogP contribution is -2.56. The first kappa shape index (κ1) is 9.42. The maximum Gasteiger partial charge on any atom is 1.16 e. The van der Waals surface area contributed by atoms with Gasteiger partial charge in [0.1, 0.15) is 6.55 Å². The molecular weight excluding hydrogens is 178 g/mol. The van der Waals surface area contributed by atoms with Crippen molar-refractivity contribution in [2.45, 2.75) is 6.55 Å². The molecule has 0 N–H and O–H groups in total. The first-order chi connectivity index (χ1) is 4.83. The summed E-state index contributed by atoms with van der Waals surface area (Å²) in [5.74, 6) is 0. The van der Waals surface area contributed by atoms with Crippen molar-refractivity contribution < 1.29 is 13.8 Å². The molecule has 9 nitrogen and oxygen atoms in total. The molecule has 0 aliphatic carbocycles. The highest BCUT2D eigenvalue weighted by molar-refractivity contribution is 6.53. The molecule has 0 fully saturated rings. The second-order valence-corrected chi connectivity index (χ2v) is 4.78. The van der Waals surface area contributed by atoms with Crippen LogP contribution in [0.25, 0.3) is 0 Å². The van der Waals surface area contributed by atoms with E-state index in [1.54, 1.807) is 0 Å². The number of hydrogen-bond acceptors (Lipinski definition) is 6. The van der Waals surface area contributed by atoms with Gasteiger partial charge in [-0.1, -0.05) is 0 Å². The lowest BCUT2D eigenvalue weighted by atomic mass is 11.9. The molecule has 0 aliphatic heterocycles. The van der Waals surface area contributed by atoms with Crippen LogP contribution in [0, 0.1) is 30.3 Å². The van der Waals surface area contributed by atoms with E-state index in [1.807, 2.05) is 0 Å². The van der Waals surface area contributed by atoms with E-state index in [0.717, 1.165) is 0 Å². The standard InChI is InChI=1S/CH3N3O6Si/c1-11(2(5)6,3(7)8)4(9)10/h1H3. The monoisotopic (exact) mass is 181 g/mol. The van der Waals surface area contributed by atoms with Gasteiger partial charge in [0.05, 0.1) is 13.8 Å². The summed E-state index contributed by atoms with van der Waals surface area (Å²) < 4.78 is -4.27. The number of nitro groups is 3. The molecule has 0 rings (SSSR count). The van der Waals surface area contributed by atoms with Gasteiger partial charge >= 0.3 is 8.56 Å². The molecule has 0 radical (unpaired) electrons. The highest BCUT2D eigenvalue weighted by Gasteiger charge is 2.85. The van der Waals surface area contributed by atoms with Crippen LogP contribution in [0.2, 0.25) is 6.55 Å². The Morgan fingerprint density at radius 2 is 1.09 bits per heavy atom. The summed E-state index contributed by atoms with van der Waals surface area (Å²) in [5.41, 5.74) is 0. The van der Waals surface area contributed by atoms with E-state index in [1.165, 1.54) is 0 Å². The first-order valence-electron chi connectivity index (χ1n) is 2.27. The molecule has 0 aromatic rings. The summed E-state index contributed by atoms with van der Waals surface area (Å²) in [6.45, 7) is 0.451. The molecule has 0 atom stereocenters. The summed E-state index contributed by atoms with van der Waals surface area (Å²) in [6, 6.07) is 0. The van der Waals surface area contributed by atoms with Crippen molar-refractivity contribution in [3.8, 4) is 0 Å². The van der Waals surface area contributed by atoms with Crippen LogP contribution in [0.15, 0.2) is 0 Å². The number of rotatable bonds is 3. The van der Waals surface area contributed by atoms with Crippen molar-refractivity contribution in [3.05, 3.63) is 30.3 Å². The Morgan fingerprint density at radius 3 is 1.09 bits per heavy atom. The van der Waals surface area contributed by atoms with Crippen molar-refractivity contribution in [3.63, 3.8) is 0 Å². The predicted octanol–water partition coefficient (Wildman–Crippen LogP) is -0.615. The van der Waals surface area contributed by atoms with Crippen molar-refractivity contribution >= 4 is 8.56 Å². The molecule has 0 heterocycles. The smallest absolute Gasteiger partial charge is 0.278 e. The van der Waals surface area contributed by atoms with Crippen LogP contribution < -0.4 is 0 Å². The highest BCUT2D eigenvalue weighted by atomic mass is 28.4. The predicted molar refractivity (Wildman–Crippen MR) is 32.6 cm³/mol. The van der Waals surface area contributed by atoms with Crippen LogP contribution in [-0.4, -0.2) is 22.3 Å². The van der Waals surface area contributed by atoms with E-state index in [4.69, 9.17) is 0 Å². The van der Waals surface area contributed by atoms with Crippen LogP contribution in [0.3, 0.4) is 0 Å². The van der Waals surface area contributed by atoms with Crippen LogP contribution >= 0.6 is 0 Å². The summed E-state index contributed by atoms with van der Waals surface area (Å²) >= 11 is 0. The average molecular weight is 181 g/mol. The van der Waals surface area contributed by atoms with E-state index < -0.39 is 22.3 Å². The molecule has 0 spiro atoms. The van der Waals surface area contributed by atoms with Crippen LogP contribution in [0.4, 0.5) is 0 Å². The van der Waals surface area contributed by atoms with Gasteiger partial charge in [-0.25, -0.2) is 0 Å². The van der Waals surface area contributed by atoms with Gasteiger partial charge in [-0.2, -0.15) is 0 Å². The fourth-order valence-electron chi connectivity index (χ4n) is 0.200. The minimum Gasteiger partial charge on any atom is -0.278 e. The fourth-order valence-corrected chi connectivity index (χ4v) is 0.600. The molecule has 0 aromatic carbocycles. The van der Waals surface area contributed by atoms with Gasteiger partial charge in [0.2, 0.25) is 0 Å². The van der Waals surface area contributed by atoms with Gasteiger partial charge in [0.15, 0.2) is 0 Å². The van der Waals surface area contributed by atoms with Gasteiger partial charge in [-0.3, -0.25) is 30.3 Å².